The molecule has 0 saturated heterocycles. The number of anilines is 1. The summed E-state index contributed by atoms with van der Waals surface area (Å²) in [6.07, 6.45) is 0. The number of benzene rings is 1. The van der Waals surface area contributed by atoms with Gasteiger partial charge in [0, 0.05) is 13.6 Å². The standard InChI is InChI=1S/C14H23N3O3S/c1-10(2)9-16-14(18)11(3)17-21(19,20)13-8-6-5-7-12(13)15-4/h5-8,10-11,15,17H,9H2,1-4H3,(H,16,18). The van der Waals surface area contributed by atoms with E-state index in [1.54, 1.807) is 25.2 Å². The molecule has 1 rings (SSSR count). The Morgan fingerprint density at radius 3 is 2.38 bits per heavy atom. The van der Waals surface area contributed by atoms with Crippen LogP contribution in [0.3, 0.4) is 0 Å². The minimum Gasteiger partial charge on any atom is -0.387 e. The fraction of sp³-hybridized carbons (Fsp3) is 0.500. The third-order valence-electron chi connectivity index (χ3n) is 2.86. The molecule has 0 spiro atoms. The molecule has 1 aromatic carbocycles. The van der Waals surface area contributed by atoms with Gasteiger partial charge >= 0.3 is 0 Å². The van der Waals surface area contributed by atoms with Crippen LogP contribution >= 0.6 is 0 Å². The summed E-state index contributed by atoms with van der Waals surface area (Å²) in [5, 5.41) is 5.53. The van der Waals surface area contributed by atoms with Crippen molar-refractivity contribution in [1.82, 2.24) is 10.0 Å². The number of hydrogen-bond donors (Lipinski definition) is 3. The summed E-state index contributed by atoms with van der Waals surface area (Å²) in [6.45, 7) is 5.98. The molecule has 6 nitrogen and oxygen atoms in total. The second-order valence-corrected chi connectivity index (χ2v) is 6.91. The summed E-state index contributed by atoms with van der Waals surface area (Å²) in [7, 11) is -2.11. The van der Waals surface area contributed by atoms with Crippen molar-refractivity contribution >= 4 is 21.6 Å². The Labute approximate surface area is 126 Å². The number of sulfonamides is 1. The zero-order valence-electron chi connectivity index (χ0n) is 12.8. The van der Waals surface area contributed by atoms with Crippen LogP contribution < -0.4 is 15.4 Å². The molecule has 0 aliphatic rings. The Bertz CT molecular complexity index is 585. The van der Waals surface area contributed by atoms with Crippen molar-refractivity contribution in [3.63, 3.8) is 0 Å². The number of hydrogen-bond acceptors (Lipinski definition) is 4. The van der Waals surface area contributed by atoms with Gasteiger partial charge in [0.15, 0.2) is 0 Å². The van der Waals surface area contributed by atoms with Gasteiger partial charge in [-0.1, -0.05) is 26.0 Å². The summed E-state index contributed by atoms with van der Waals surface area (Å²) >= 11 is 0. The molecule has 1 amide bonds. The topological polar surface area (TPSA) is 87.3 Å². The normalized spacial score (nSPS) is 13.0. The van der Waals surface area contributed by atoms with Gasteiger partial charge in [-0.15, -0.1) is 0 Å². The second-order valence-electron chi connectivity index (χ2n) is 5.23. The van der Waals surface area contributed by atoms with Crippen LogP contribution in [0.15, 0.2) is 29.2 Å². The van der Waals surface area contributed by atoms with E-state index in [9.17, 15) is 13.2 Å². The Hall–Kier alpha value is -1.60. The summed E-state index contributed by atoms with van der Waals surface area (Å²) in [6, 6.07) is 5.70. The van der Waals surface area contributed by atoms with Crippen LogP contribution in [0, 0.1) is 5.92 Å². The maximum atomic E-state index is 12.3. The van der Waals surface area contributed by atoms with Gasteiger partial charge in [-0.2, -0.15) is 4.72 Å². The van der Waals surface area contributed by atoms with Gasteiger partial charge in [-0.25, -0.2) is 8.42 Å². The Kier molecular flexibility index (Phi) is 6.17. The summed E-state index contributed by atoms with van der Waals surface area (Å²) in [4.78, 5) is 12.0. The molecule has 0 radical (unpaired) electrons. The van der Waals surface area contributed by atoms with Gasteiger partial charge in [-0.3, -0.25) is 4.79 Å². The summed E-state index contributed by atoms with van der Waals surface area (Å²) in [5.74, 6) is -0.0306. The minimum atomic E-state index is -3.76. The highest BCUT2D eigenvalue weighted by Crippen LogP contribution is 2.20. The minimum absolute atomic E-state index is 0.121. The van der Waals surface area contributed by atoms with E-state index >= 15 is 0 Å². The highest BCUT2D eigenvalue weighted by molar-refractivity contribution is 7.89. The van der Waals surface area contributed by atoms with Gasteiger partial charge in [0.1, 0.15) is 4.90 Å². The van der Waals surface area contributed by atoms with Crippen LogP contribution in [-0.2, 0) is 14.8 Å². The van der Waals surface area contributed by atoms with Crippen molar-refractivity contribution in [2.75, 3.05) is 18.9 Å². The van der Waals surface area contributed by atoms with Gasteiger partial charge in [0.05, 0.1) is 11.7 Å². The maximum Gasteiger partial charge on any atom is 0.243 e. The van der Waals surface area contributed by atoms with E-state index in [4.69, 9.17) is 0 Å². The largest absolute Gasteiger partial charge is 0.387 e. The van der Waals surface area contributed by atoms with Crippen LogP contribution in [0.4, 0.5) is 5.69 Å². The van der Waals surface area contributed by atoms with Gasteiger partial charge in [-0.05, 0) is 25.0 Å². The Morgan fingerprint density at radius 2 is 1.81 bits per heavy atom. The van der Waals surface area contributed by atoms with Crippen molar-refractivity contribution < 1.29 is 13.2 Å². The first kappa shape index (κ1) is 17.5. The molecule has 0 heterocycles. The predicted octanol–water partition coefficient (Wildman–Crippen LogP) is 1.17. The number of rotatable bonds is 7. The molecule has 0 aliphatic carbocycles. The SMILES string of the molecule is CNc1ccccc1S(=O)(=O)NC(C)C(=O)NCC(C)C. The Balaban J connectivity index is 2.83. The van der Waals surface area contributed by atoms with Crippen molar-refractivity contribution in [1.29, 1.82) is 0 Å². The highest BCUT2D eigenvalue weighted by Gasteiger charge is 2.23. The first-order valence-electron chi connectivity index (χ1n) is 6.84. The molecule has 118 valence electrons. The van der Waals surface area contributed by atoms with E-state index in [1.165, 1.54) is 13.0 Å². The first-order valence-corrected chi connectivity index (χ1v) is 8.33. The number of nitrogens with one attached hydrogen (secondary N) is 3. The number of amides is 1. The van der Waals surface area contributed by atoms with E-state index in [0.29, 0.717) is 18.2 Å². The van der Waals surface area contributed by atoms with Crippen molar-refractivity contribution in [3.8, 4) is 0 Å². The van der Waals surface area contributed by atoms with Crippen LogP contribution in [-0.4, -0.2) is 34.0 Å². The molecule has 7 heteroatoms. The lowest BCUT2D eigenvalue weighted by Crippen LogP contribution is -2.45. The highest BCUT2D eigenvalue weighted by atomic mass is 32.2. The smallest absolute Gasteiger partial charge is 0.243 e. The number of para-hydroxylation sites is 1. The Morgan fingerprint density at radius 1 is 1.19 bits per heavy atom. The fourth-order valence-electron chi connectivity index (χ4n) is 1.72. The van der Waals surface area contributed by atoms with E-state index in [0.717, 1.165) is 0 Å². The van der Waals surface area contributed by atoms with E-state index in [1.807, 2.05) is 13.8 Å². The molecule has 0 bridgehead atoms. The van der Waals surface area contributed by atoms with Gasteiger partial charge in [0.25, 0.3) is 0 Å². The monoisotopic (exact) mass is 313 g/mol. The molecule has 3 N–H and O–H groups in total. The first-order chi connectivity index (χ1) is 9.77. The van der Waals surface area contributed by atoms with E-state index in [2.05, 4.69) is 15.4 Å². The third-order valence-corrected chi connectivity index (χ3v) is 4.45. The van der Waals surface area contributed by atoms with Crippen LogP contribution in [0.2, 0.25) is 0 Å². The predicted molar refractivity (Wildman–Crippen MR) is 83.6 cm³/mol. The zero-order valence-corrected chi connectivity index (χ0v) is 13.6. The molecule has 1 aromatic rings. The lowest BCUT2D eigenvalue weighted by molar-refractivity contribution is -0.122. The quantitative estimate of drug-likeness (QED) is 0.705. The van der Waals surface area contributed by atoms with Crippen molar-refractivity contribution in [3.05, 3.63) is 24.3 Å². The maximum absolute atomic E-state index is 12.3. The van der Waals surface area contributed by atoms with Gasteiger partial charge < -0.3 is 10.6 Å². The summed E-state index contributed by atoms with van der Waals surface area (Å²) in [5.41, 5.74) is 0.486. The molecule has 0 aromatic heterocycles. The number of carbonyl (C=O) groups is 1. The van der Waals surface area contributed by atoms with E-state index in [-0.39, 0.29) is 10.8 Å². The molecule has 0 fully saturated rings. The second kappa shape index (κ2) is 7.42. The molecular formula is C14H23N3O3S. The van der Waals surface area contributed by atoms with Crippen LogP contribution in [0.5, 0.6) is 0 Å². The molecule has 1 unspecified atom stereocenters. The molecule has 21 heavy (non-hydrogen) atoms. The third kappa shape index (κ3) is 5.02. The zero-order chi connectivity index (χ0) is 16.0. The molecule has 1 atom stereocenters. The molecule has 0 aliphatic heterocycles. The van der Waals surface area contributed by atoms with Crippen LogP contribution in [0.1, 0.15) is 20.8 Å². The van der Waals surface area contributed by atoms with Crippen molar-refractivity contribution in [2.45, 2.75) is 31.7 Å². The number of carbonyl (C=O) groups excluding carboxylic acids is 1. The average Bonchev–Trinajstić information content (AvgIpc) is 2.44. The van der Waals surface area contributed by atoms with Crippen LogP contribution in [0.25, 0.3) is 0 Å². The fourth-order valence-corrected chi connectivity index (χ4v) is 3.13. The molecular weight excluding hydrogens is 290 g/mol. The van der Waals surface area contributed by atoms with E-state index < -0.39 is 16.1 Å². The lowest BCUT2D eigenvalue weighted by atomic mass is 10.2. The van der Waals surface area contributed by atoms with Gasteiger partial charge in [0.2, 0.25) is 15.9 Å². The van der Waals surface area contributed by atoms with Crippen molar-refractivity contribution in [2.24, 2.45) is 5.92 Å². The average molecular weight is 313 g/mol. The summed E-state index contributed by atoms with van der Waals surface area (Å²) < 4.78 is 27.1. The lowest BCUT2D eigenvalue weighted by Gasteiger charge is -2.16. The molecule has 0 saturated carbocycles.